The minimum Gasteiger partial charge on any atom is -0.745 e. The summed E-state index contributed by atoms with van der Waals surface area (Å²) in [6.07, 6.45) is 9.23. The summed E-state index contributed by atoms with van der Waals surface area (Å²) in [5.74, 6) is 0. The molecule has 1 aliphatic rings. The van der Waals surface area contributed by atoms with Crippen LogP contribution in [0.2, 0.25) is 0 Å². The molecule has 0 amide bonds. The van der Waals surface area contributed by atoms with E-state index in [1.165, 1.54) is 32.1 Å². The second-order valence-electron chi connectivity index (χ2n) is 6.30. The molecule has 5 nitrogen and oxygen atoms in total. The van der Waals surface area contributed by atoms with Crippen molar-refractivity contribution in [1.82, 2.24) is 0 Å². The third-order valence-electron chi connectivity index (χ3n) is 4.41. The molecule has 0 aromatic heterocycles. The fraction of sp³-hybridized carbons (Fsp3) is 0.647. The van der Waals surface area contributed by atoms with E-state index in [0.29, 0.717) is 17.8 Å². The zero-order valence-electron chi connectivity index (χ0n) is 14.8. The molecule has 2 N–H and O–H groups in total. The first-order chi connectivity index (χ1) is 11.0. The molecule has 0 unspecified atom stereocenters. The average molecular weight is 379 g/mol. The van der Waals surface area contributed by atoms with Crippen molar-refractivity contribution in [2.75, 3.05) is 10.6 Å². The van der Waals surface area contributed by atoms with Gasteiger partial charge in [0.25, 0.3) is 0 Å². The maximum absolute atomic E-state index is 11.8. The maximum atomic E-state index is 11.8. The molecular weight excluding hydrogens is 351 g/mol. The van der Waals surface area contributed by atoms with Gasteiger partial charge in [0.05, 0.1) is 11.4 Å². The van der Waals surface area contributed by atoms with Crippen molar-refractivity contribution in [3.05, 3.63) is 24.3 Å². The Balaban J connectivity index is 0.00000288. The summed E-state index contributed by atoms with van der Waals surface area (Å²) in [6, 6.07) is 7.20. The van der Waals surface area contributed by atoms with Gasteiger partial charge in [0.15, 0.2) is 0 Å². The van der Waals surface area contributed by atoms with Crippen molar-refractivity contribution in [3.63, 3.8) is 0 Å². The Hall–Kier alpha value is 0.366. The molecule has 7 heteroatoms. The van der Waals surface area contributed by atoms with Gasteiger partial charge in [-0.2, -0.15) is 0 Å². The molecule has 1 aromatic carbocycles. The zero-order valence-corrected chi connectivity index (χ0v) is 18.7. The van der Waals surface area contributed by atoms with Crippen molar-refractivity contribution in [2.24, 2.45) is 0 Å². The van der Waals surface area contributed by atoms with Crippen LogP contribution in [0.4, 0.5) is 11.4 Å². The van der Waals surface area contributed by atoms with Crippen LogP contribution in [0.15, 0.2) is 24.3 Å². The molecule has 0 saturated heterocycles. The summed E-state index contributed by atoms with van der Waals surface area (Å²) < 4.78 is 35.3. The first-order valence-corrected chi connectivity index (χ1v) is 10.0. The largest absolute Gasteiger partial charge is 1.00 e. The normalized spacial score (nSPS) is 15.1. The number of para-hydroxylation sites is 2. The summed E-state index contributed by atoms with van der Waals surface area (Å²) in [5, 5.41) is 5.79. The van der Waals surface area contributed by atoms with Gasteiger partial charge >= 0.3 is 51.4 Å². The van der Waals surface area contributed by atoms with Gasteiger partial charge in [-0.05, 0) is 18.6 Å². The van der Waals surface area contributed by atoms with E-state index >= 15 is 0 Å². The third-order valence-corrected chi connectivity index (χ3v) is 5.67. The Kier molecular flexibility index (Phi) is 9.80. The molecule has 24 heavy (non-hydrogen) atoms. The van der Waals surface area contributed by atoms with Crippen LogP contribution in [0.25, 0.3) is 0 Å². The van der Waals surface area contributed by atoms with Crippen molar-refractivity contribution in [3.8, 4) is 0 Å². The second-order valence-corrected chi connectivity index (χ2v) is 7.91. The van der Waals surface area contributed by atoms with E-state index in [2.05, 4.69) is 17.6 Å². The van der Waals surface area contributed by atoms with E-state index in [4.69, 9.17) is 0 Å². The van der Waals surface area contributed by atoms with E-state index in [-0.39, 0.29) is 57.8 Å². The predicted molar refractivity (Wildman–Crippen MR) is 93.3 cm³/mol. The maximum Gasteiger partial charge on any atom is 1.00 e. The molecule has 1 aliphatic heterocycles. The second kappa shape index (κ2) is 10.5. The Labute approximate surface area is 188 Å². The molecule has 0 saturated carbocycles. The first-order valence-electron chi connectivity index (χ1n) is 8.59. The summed E-state index contributed by atoms with van der Waals surface area (Å²) in [5.41, 5.74) is 1.35. The van der Waals surface area contributed by atoms with Crippen LogP contribution in [0, 0.1) is 0 Å². The zero-order chi connectivity index (χ0) is 16.8. The summed E-state index contributed by atoms with van der Waals surface area (Å²) in [7, 11) is -4.51. The summed E-state index contributed by atoms with van der Waals surface area (Å²) in [6.45, 7) is 2.20. The molecular formula is C17H27KN2O3S. The minimum absolute atomic E-state index is 0. The van der Waals surface area contributed by atoms with Gasteiger partial charge in [-0.15, -0.1) is 0 Å². The fourth-order valence-corrected chi connectivity index (χ4v) is 3.91. The molecule has 0 atom stereocenters. The van der Waals surface area contributed by atoms with E-state index < -0.39 is 15.1 Å². The number of rotatable bonds is 10. The fourth-order valence-electron chi connectivity index (χ4n) is 3.05. The topological polar surface area (TPSA) is 81.3 Å². The molecule has 0 fully saturated rings. The van der Waals surface area contributed by atoms with Crippen LogP contribution >= 0.6 is 0 Å². The number of benzene rings is 1. The monoisotopic (exact) mass is 378 g/mol. The summed E-state index contributed by atoms with van der Waals surface area (Å²) in [4.78, 5) is -1.60. The standard InChI is InChI=1S/C17H28N2O3S.K/c1-2-3-4-5-6-7-8-11-14-17(23(20,21)22)18-15-12-9-10-13-16(15)19-17;/h9-10,12-13,18-19H,2-8,11,14H2,1H3,(H,20,21,22);/q;+1/p-1. The Bertz CT molecular complexity index is 583. The van der Waals surface area contributed by atoms with Crippen LogP contribution in [-0.2, 0) is 10.1 Å². The first kappa shape index (κ1) is 22.4. The van der Waals surface area contributed by atoms with Crippen molar-refractivity contribution >= 4 is 21.5 Å². The van der Waals surface area contributed by atoms with Gasteiger partial charge in [0, 0.05) is 6.42 Å². The average Bonchev–Trinajstić information content (AvgIpc) is 2.89. The Morgan fingerprint density at radius 1 is 0.917 bits per heavy atom. The molecule has 0 bridgehead atoms. The van der Waals surface area contributed by atoms with E-state index in [0.717, 1.165) is 12.8 Å². The predicted octanol–water partition coefficient (Wildman–Crippen LogP) is 1.26. The summed E-state index contributed by atoms with van der Waals surface area (Å²) >= 11 is 0. The van der Waals surface area contributed by atoms with Crippen molar-refractivity contribution in [2.45, 2.75) is 69.7 Å². The number of hydrogen-bond acceptors (Lipinski definition) is 5. The smallest absolute Gasteiger partial charge is 0.745 e. The van der Waals surface area contributed by atoms with Gasteiger partial charge in [-0.3, -0.25) is 0 Å². The van der Waals surface area contributed by atoms with Crippen LogP contribution in [0.1, 0.15) is 64.7 Å². The molecule has 130 valence electrons. The van der Waals surface area contributed by atoms with Crippen LogP contribution in [0.5, 0.6) is 0 Å². The van der Waals surface area contributed by atoms with E-state index in [9.17, 15) is 13.0 Å². The minimum atomic E-state index is -4.51. The molecule has 0 aliphatic carbocycles. The SMILES string of the molecule is CCCCCCCCCCC1(S(=O)(=O)[O-])Nc2ccccc2N1.[K+]. The van der Waals surface area contributed by atoms with Crippen molar-refractivity contribution < 1.29 is 64.4 Å². The van der Waals surface area contributed by atoms with Gasteiger partial charge in [0.1, 0.15) is 10.1 Å². The number of fused-ring (bicyclic) bond motifs is 1. The van der Waals surface area contributed by atoms with E-state index in [1.807, 2.05) is 12.1 Å². The van der Waals surface area contributed by atoms with E-state index in [1.54, 1.807) is 12.1 Å². The van der Waals surface area contributed by atoms with Gasteiger partial charge in [0.2, 0.25) is 4.99 Å². The third kappa shape index (κ3) is 5.97. The number of anilines is 2. The Morgan fingerprint density at radius 2 is 1.38 bits per heavy atom. The van der Waals surface area contributed by atoms with Gasteiger partial charge < -0.3 is 15.2 Å². The number of unbranched alkanes of at least 4 members (excludes halogenated alkanes) is 7. The molecule has 0 radical (unpaired) electrons. The quantitative estimate of drug-likeness (QED) is 0.364. The van der Waals surface area contributed by atoms with Crippen LogP contribution in [0.3, 0.4) is 0 Å². The van der Waals surface area contributed by atoms with Crippen LogP contribution < -0.4 is 62.0 Å². The van der Waals surface area contributed by atoms with Gasteiger partial charge in [-0.1, -0.05) is 64.0 Å². The number of hydrogen-bond donors (Lipinski definition) is 2. The molecule has 2 rings (SSSR count). The van der Waals surface area contributed by atoms with Crippen LogP contribution in [-0.4, -0.2) is 18.0 Å². The Morgan fingerprint density at radius 3 is 1.83 bits per heavy atom. The molecule has 0 spiro atoms. The molecule has 1 heterocycles. The molecule has 1 aromatic rings. The van der Waals surface area contributed by atoms with Gasteiger partial charge in [-0.25, -0.2) is 8.42 Å². The van der Waals surface area contributed by atoms with Crippen molar-refractivity contribution in [1.29, 1.82) is 0 Å². The number of nitrogens with one attached hydrogen (secondary N) is 2.